The van der Waals surface area contributed by atoms with Crippen LogP contribution in [-0.4, -0.2) is 25.9 Å². The Bertz CT molecular complexity index is 1170. The third-order valence-electron chi connectivity index (χ3n) is 4.20. The Balaban J connectivity index is 1.48. The molecular weight excluding hydrogens is 433 g/mol. The summed E-state index contributed by atoms with van der Waals surface area (Å²) in [5.74, 6) is -0.144. The summed E-state index contributed by atoms with van der Waals surface area (Å²) < 4.78 is 1.62. The molecule has 0 radical (unpaired) electrons. The molecule has 0 aliphatic carbocycles. The molecule has 0 aliphatic rings. The molecule has 0 aliphatic heterocycles. The van der Waals surface area contributed by atoms with E-state index in [1.807, 2.05) is 30.3 Å². The molecule has 9 heteroatoms. The van der Waals surface area contributed by atoms with Crippen molar-refractivity contribution in [2.75, 3.05) is 5.32 Å². The molecule has 0 saturated heterocycles. The summed E-state index contributed by atoms with van der Waals surface area (Å²) in [4.78, 5) is 12.6. The number of nitrogens with zero attached hydrogens (tertiary/aromatic N) is 3. The summed E-state index contributed by atoms with van der Waals surface area (Å²) in [6.07, 6.45) is 1.63. The van der Waals surface area contributed by atoms with Gasteiger partial charge in [0, 0.05) is 21.8 Å². The highest BCUT2D eigenvalue weighted by atomic mass is 35.5. The number of carbonyl (C=O) groups excluding carboxylic acids is 1. The van der Waals surface area contributed by atoms with Gasteiger partial charge < -0.3 is 5.32 Å². The van der Waals surface area contributed by atoms with Crippen molar-refractivity contribution in [1.82, 2.24) is 20.0 Å². The van der Waals surface area contributed by atoms with Crippen LogP contribution in [0.4, 0.5) is 5.82 Å². The molecule has 2 aromatic heterocycles. The van der Waals surface area contributed by atoms with E-state index in [1.54, 1.807) is 35.1 Å². The van der Waals surface area contributed by atoms with Crippen LogP contribution in [0.5, 0.6) is 0 Å². The fourth-order valence-corrected chi connectivity index (χ4v) is 3.26. The predicted molar refractivity (Wildman–Crippen MR) is 115 cm³/mol. The minimum Gasteiger partial charge on any atom is -0.302 e. The normalized spacial score (nSPS) is 10.9. The molecule has 4 rings (SSSR count). The van der Waals surface area contributed by atoms with E-state index < -0.39 is 5.91 Å². The SMILES string of the molecule is O=C(Nc1nn(Cc2ccccc2Cl)cc1Cl)c1cc(-c2ccc(Cl)cc2)n[nH]1. The lowest BCUT2D eigenvalue weighted by Gasteiger charge is -2.04. The molecule has 0 unspecified atom stereocenters. The Morgan fingerprint density at radius 1 is 1.03 bits per heavy atom. The molecule has 2 N–H and O–H groups in total. The predicted octanol–water partition coefficient (Wildman–Crippen LogP) is 5.53. The fraction of sp³-hybridized carbons (Fsp3) is 0.0500. The van der Waals surface area contributed by atoms with Crippen LogP contribution in [0.3, 0.4) is 0 Å². The molecule has 0 bridgehead atoms. The molecule has 1 amide bonds. The van der Waals surface area contributed by atoms with Gasteiger partial charge in [-0.3, -0.25) is 14.6 Å². The van der Waals surface area contributed by atoms with Crippen LogP contribution in [0.15, 0.2) is 60.8 Å². The molecule has 146 valence electrons. The largest absolute Gasteiger partial charge is 0.302 e. The molecule has 2 aromatic carbocycles. The van der Waals surface area contributed by atoms with E-state index in [9.17, 15) is 4.79 Å². The van der Waals surface area contributed by atoms with E-state index in [1.165, 1.54) is 0 Å². The summed E-state index contributed by atoms with van der Waals surface area (Å²) in [5, 5.41) is 15.5. The van der Waals surface area contributed by atoms with E-state index >= 15 is 0 Å². The van der Waals surface area contributed by atoms with Gasteiger partial charge in [-0.25, -0.2) is 0 Å². The maximum absolute atomic E-state index is 12.6. The zero-order chi connectivity index (χ0) is 20.4. The molecule has 0 fully saturated rings. The van der Waals surface area contributed by atoms with Crippen molar-refractivity contribution in [3.63, 3.8) is 0 Å². The van der Waals surface area contributed by atoms with Crippen LogP contribution in [0.2, 0.25) is 15.1 Å². The van der Waals surface area contributed by atoms with Gasteiger partial charge >= 0.3 is 0 Å². The first kappa shape index (κ1) is 19.5. The number of rotatable bonds is 5. The molecule has 0 saturated carbocycles. The number of nitrogens with one attached hydrogen (secondary N) is 2. The van der Waals surface area contributed by atoms with E-state index in [2.05, 4.69) is 20.6 Å². The van der Waals surface area contributed by atoms with Crippen molar-refractivity contribution < 1.29 is 4.79 Å². The standard InChI is InChI=1S/C20H14Cl3N5O/c21-14-7-5-12(6-8-14)17-9-18(26-25-17)20(29)24-19-16(23)11-28(27-19)10-13-3-1-2-4-15(13)22/h1-9,11H,10H2,(H,25,26)(H,24,27,29). The molecule has 6 nitrogen and oxygen atoms in total. The van der Waals surface area contributed by atoms with Crippen LogP contribution >= 0.6 is 34.8 Å². The third-order valence-corrected chi connectivity index (χ3v) is 5.10. The Kier molecular flexibility index (Phi) is 5.58. The summed E-state index contributed by atoms with van der Waals surface area (Å²) in [6.45, 7) is 0.431. The second kappa shape index (κ2) is 8.29. The van der Waals surface area contributed by atoms with Gasteiger partial charge in [-0.1, -0.05) is 65.1 Å². The van der Waals surface area contributed by atoms with Crippen molar-refractivity contribution in [3.05, 3.63) is 87.1 Å². The Hall–Kier alpha value is -2.80. The number of aromatic amines is 1. The number of amides is 1. The van der Waals surface area contributed by atoms with Gasteiger partial charge in [-0.05, 0) is 29.8 Å². The van der Waals surface area contributed by atoms with Crippen molar-refractivity contribution in [3.8, 4) is 11.3 Å². The topological polar surface area (TPSA) is 75.6 Å². The first-order chi connectivity index (χ1) is 14.0. The Morgan fingerprint density at radius 2 is 1.79 bits per heavy atom. The van der Waals surface area contributed by atoms with Gasteiger partial charge in [0.2, 0.25) is 0 Å². The molecule has 4 aromatic rings. The number of hydrogen-bond acceptors (Lipinski definition) is 3. The molecule has 0 atom stereocenters. The minimum atomic E-state index is -0.400. The van der Waals surface area contributed by atoms with Crippen LogP contribution < -0.4 is 5.32 Å². The molecule has 0 spiro atoms. The Morgan fingerprint density at radius 3 is 2.55 bits per heavy atom. The summed E-state index contributed by atoms with van der Waals surface area (Å²) in [7, 11) is 0. The number of H-pyrrole nitrogens is 1. The summed E-state index contributed by atoms with van der Waals surface area (Å²) in [5.41, 5.74) is 2.65. The smallest absolute Gasteiger partial charge is 0.274 e. The number of carbonyl (C=O) groups is 1. The fourth-order valence-electron chi connectivity index (χ4n) is 2.75. The summed E-state index contributed by atoms with van der Waals surface area (Å²) >= 11 is 18.3. The van der Waals surface area contributed by atoms with Crippen LogP contribution in [0, 0.1) is 0 Å². The number of hydrogen-bond donors (Lipinski definition) is 2. The molecular formula is C20H14Cl3N5O. The monoisotopic (exact) mass is 445 g/mol. The quantitative estimate of drug-likeness (QED) is 0.423. The Labute approximate surface area is 181 Å². The second-order valence-corrected chi connectivity index (χ2v) is 7.49. The van der Waals surface area contributed by atoms with Gasteiger partial charge in [0.25, 0.3) is 5.91 Å². The van der Waals surface area contributed by atoms with Crippen molar-refractivity contribution in [1.29, 1.82) is 0 Å². The van der Waals surface area contributed by atoms with Crippen LogP contribution in [0.25, 0.3) is 11.3 Å². The number of benzene rings is 2. The van der Waals surface area contributed by atoms with Gasteiger partial charge in [0.15, 0.2) is 5.82 Å². The lowest BCUT2D eigenvalue weighted by atomic mass is 10.1. The first-order valence-electron chi connectivity index (χ1n) is 8.58. The van der Waals surface area contributed by atoms with Crippen LogP contribution in [-0.2, 0) is 6.54 Å². The highest BCUT2D eigenvalue weighted by molar-refractivity contribution is 6.33. The zero-order valence-electron chi connectivity index (χ0n) is 14.9. The maximum atomic E-state index is 12.6. The molecule has 2 heterocycles. The average molecular weight is 447 g/mol. The van der Waals surface area contributed by atoms with Gasteiger partial charge in [0.05, 0.1) is 12.2 Å². The molecule has 29 heavy (non-hydrogen) atoms. The number of anilines is 1. The van der Waals surface area contributed by atoms with E-state index in [4.69, 9.17) is 34.8 Å². The average Bonchev–Trinajstić information content (AvgIpc) is 3.32. The minimum absolute atomic E-state index is 0.256. The van der Waals surface area contributed by atoms with Gasteiger partial charge in [0.1, 0.15) is 10.7 Å². The lowest BCUT2D eigenvalue weighted by Crippen LogP contribution is -2.13. The second-order valence-electron chi connectivity index (χ2n) is 6.24. The maximum Gasteiger partial charge on any atom is 0.274 e. The van der Waals surface area contributed by atoms with Gasteiger partial charge in [-0.15, -0.1) is 0 Å². The lowest BCUT2D eigenvalue weighted by molar-refractivity contribution is 0.102. The van der Waals surface area contributed by atoms with Crippen molar-refractivity contribution >= 4 is 46.5 Å². The number of halogens is 3. The van der Waals surface area contributed by atoms with Crippen LogP contribution in [0.1, 0.15) is 16.1 Å². The zero-order valence-corrected chi connectivity index (χ0v) is 17.1. The van der Waals surface area contributed by atoms with Crippen molar-refractivity contribution in [2.24, 2.45) is 0 Å². The highest BCUT2D eigenvalue weighted by Gasteiger charge is 2.15. The first-order valence-corrected chi connectivity index (χ1v) is 9.72. The van der Waals surface area contributed by atoms with Gasteiger partial charge in [-0.2, -0.15) is 10.2 Å². The summed E-state index contributed by atoms with van der Waals surface area (Å²) in [6, 6.07) is 16.3. The van der Waals surface area contributed by atoms with E-state index in [0.29, 0.717) is 27.3 Å². The number of aromatic nitrogens is 4. The highest BCUT2D eigenvalue weighted by Crippen LogP contribution is 2.24. The third kappa shape index (κ3) is 4.45. The van der Waals surface area contributed by atoms with Crippen molar-refractivity contribution in [2.45, 2.75) is 6.54 Å². The van der Waals surface area contributed by atoms with E-state index in [0.717, 1.165) is 11.1 Å². The van der Waals surface area contributed by atoms with E-state index in [-0.39, 0.29) is 11.5 Å².